The zero-order chi connectivity index (χ0) is 15.2. The van der Waals surface area contributed by atoms with Crippen molar-refractivity contribution in [3.63, 3.8) is 0 Å². The van der Waals surface area contributed by atoms with Crippen molar-refractivity contribution in [1.29, 1.82) is 0 Å². The third-order valence-corrected chi connectivity index (χ3v) is 3.31. The van der Waals surface area contributed by atoms with Crippen LogP contribution in [0.25, 0.3) is 0 Å². The average Bonchev–Trinajstić information content (AvgIpc) is 2.85. The minimum Gasteiger partial charge on any atom is -0.462 e. The number of rotatable bonds is 5. The van der Waals surface area contributed by atoms with Gasteiger partial charge in [-0.2, -0.15) is 0 Å². The Bertz CT molecular complexity index is 637. The van der Waals surface area contributed by atoms with Gasteiger partial charge in [0.1, 0.15) is 0 Å². The van der Waals surface area contributed by atoms with E-state index in [2.05, 4.69) is 10.3 Å². The van der Waals surface area contributed by atoms with Gasteiger partial charge in [0.25, 0.3) is 0 Å². The molecule has 0 aliphatic carbocycles. The number of ether oxygens (including phenoxy) is 1. The van der Waals surface area contributed by atoms with Gasteiger partial charge in [0, 0.05) is 11.1 Å². The van der Waals surface area contributed by atoms with Gasteiger partial charge >= 0.3 is 5.97 Å². The zero-order valence-electron chi connectivity index (χ0n) is 11.5. The van der Waals surface area contributed by atoms with Crippen LogP contribution in [0, 0.1) is 0 Å². The summed E-state index contributed by atoms with van der Waals surface area (Å²) in [7, 11) is 0. The number of nitrogen functional groups attached to an aromatic ring is 1. The highest BCUT2D eigenvalue weighted by molar-refractivity contribution is 7.13. The number of nitrogens with zero attached hydrogens (tertiary/aromatic N) is 1. The fraction of sp³-hybridized carbons (Fsp3) is 0.214. The number of aromatic nitrogens is 1. The molecule has 2 rings (SSSR count). The fourth-order valence-corrected chi connectivity index (χ4v) is 2.24. The molecule has 2 aromatic rings. The molecule has 0 spiro atoms. The maximum Gasteiger partial charge on any atom is 0.338 e. The SMILES string of the molecule is CCOC(=O)c1ccc(NC(=O)Cc2csc(N)n2)cc1. The van der Waals surface area contributed by atoms with Crippen LogP contribution in [-0.4, -0.2) is 23.5 Å². The summed E-state index contributed by atoms with van der Waals surface area (Å²) in [5, 5.41) is 4.92. The highest BCUT2D eigenvalue weighted by Gasteiger charge is 2.09. The second-order valence-electron chi connectivity index (χ2n) is 4.20. The van der Waals surface area contributed by atoms with E-state index >= 15 is 0 Å². The molecule has 0 atom stereocenters. The molecule has 3 N–H and O–H groups in total. The Morgan fingerprint density at radius 2 is 2.05 bits per heavy atom. The van der Waals surface area contributed by atoms with Crippen molar-refractivity contribution >= 4 is 34.0 Å². The van der Waals surface area contributed by atoms with Crippen molar-refractivity contribution in [3.05, 3.63) is 40.9 Å². The molecule has 0 saturated heterocycles. The lowest BCUT2D eigenvalue weighted by Crippen LogP contribution is -2.14. The van der Waals surface area contributed by atoms with Crippen molar-refractivity contribution in [3.8, 4) is 0 Å². The van der Waals surface area contributed by atoms with Crippen LogP contribution in [-0.2, 0) is 16.0 Å². The number of carbonyl (C=O) groups excluding carboxylic acids is 2. The molecule has 0 bridgehead atoms. The normalized spacial score (nSPS) is 10.1. The number of amides is 1. The Balaban J connectivity index is 1.93. The number of nitrogens with one attached hydrogen (secondary N) is 1. The largest absolute Gasteiger partial charge is 0.462 e. The first-order valence-corrected chi connectivity index (χ1v) is 7.23. The Morgan fingerprint density at radius 1 is 1.33 bits per heavy atom. The highest BCUT2D eigenvalue weighted by Crippen LogP contribution is 2.14. The molecule has 1 heterocycles. The minimum atomic E-state index is -0.381. The molecule has 1 aromatic carbocycles. The molecule has 0 saturated carbocycles. The third-order valence-electron chi connectivity index (χ3n) is 2.59. The number of hydrogen-bond acceptors (Lipinski definition) is 6. The summed E-state index contributed by atoms with van der Waals surface area (Å²) >= 11 is 1.30. The molecule has 6 nitrogen and oxygen atoms in total. The summed E-state index contributed by atoms with van der Waals surface area (Å²) in [5.74, 6) is -0.572. The van der Waals surface area contributed by atoms with E-state index in [1.54, 1.807) is 36.6 Å². The first-order valence-electron chi connectivity index (χ1n) is 6.35. The lowest BCUT2D eigenvalue weighted by molar-refractivity contribution is -0.115. The lowest BCUT2D eigenvalue weighted by atomic mass is 10.2. The van der Waals surface area contributed by atoms with Gasteiger partial charge in [0.15, 0.2) is 5.13 Å². The van der Waals surface area contributed by atoms with E-state index in [-0.39, 0.29) is 18.3 Å². The lowest BCUT2D eigenvalue weighted by Gasteiger charge is -2.05. The van der Waals surface area contributed by atoms with Crippen LogP contribution in [0.3, 0.4) is 0 Å². The maximum absolute atomic E-state index is 11.8. The Labute approximate surface area is 125 Å². The Kier molecular flexibility index (Phi) is 4.89. The van der Waals surface area contributed by atoms with Gasteiger partial charge in [0.05, 0.1) is 24.3 Å². The van der Waals surface area contributed by atoms with E-state index in [4.69, 9.17) is 10.5 Å². The van der Waals surface area contributed by atoms with Gasteiger partial charge in [-0.05, 0) is 31.2 Å². The van der Waals surface area contributed by atoms with Crippen LogP contribution >= 0.6 is 11.3 Å². The van der Waals surface area contributed by atoms with Gasteiger partial charge in [0.2, 0.25) is 5.91 Å². The van der Waals surface area contributed by atoms with E-state index in [1.807, 2.05) is 0 Å². The molecular formula is C14H15N3O3S. The maximum atomic E-state index is 11.8. The summed E-state index contributed by atoms with van der Waals surface area (Å²) in [6.45, 7) is 2.08. The van der Waals surface area contributed by atoms with Crippen molar-refractivity contribution in [2.75, 3.05) is 17.7 Å². The molecule has 0 radical (unpaired) electrons. The molecule has 21 heavy (non-hydrogen) atoms. The molecule has 0 aliphatic rings. The molecule has 0 aliphatic heterocycles. The summed E-state index contributed by atoms with van der Waals surface area (Å²) < 4.78 is 4.88. The van der Waals surface area contributed by atoms with E-state index in [9.17, 15) is 9.59 Å². The van der Waals surface area contributed by atoms with Crippen LogP contribution in [0.1, 0.15) is 23.0 Å². The number of thiazole rings is 1. The summed E-state index contributed by atoms with van der Waals surface area (Å²) in [4.78, 5) is 27.4. The monoisotopic (exact) mass is 305 g/mol. The summed E-state index contributed by atoms with van der Waals surface area (Å²) in [6, 6.07) is 6.52. The summed E-state index contributed by atoms with van der Waals surface area (Å²) in [6.07, 6.45) is 0.160. The molecule has 0 fully saturated rings. The highest BCUT2D eigenvalue weighted by atomic mass is 32.1. The van der Waals surface area contributed by atoms with Gasteiger partial charge in [-0.25, -0.2) is 9.78 Å². The molecular weight excluding hydrogens is 290 g/mol. The summed E-state index contributed by atoms with van der Waals surface area (Å²) in [5.41, 5.74) is 7.20. The van der Waals surface area contributed by atoms with Crippen LogP contribution in [0.5, 0.6) is 0 Å². The van der Waals surface area contributed by atoms with Crippen LogP contribution in [0.2, 0.25) is 0 Å². The first-order chi connectivity index (χ1) is 10.1. The molecule has 7 heteroatoms. The van der Waals surface area contributed by atoms with Gasteiger partial charge in [-0.15, -0.1) is 11.3 Å². The van der Waals surface area contributed by atoms with Crippen LogP contribution in [0.4, 0.5) is 10.8 Å². The second-order valence-corrected chi connectivity index (χ2v) is 5.09. The quantitative estimate of drug-likeness (QED) is 0.825. The van der Waals surface area contributed by atoms with E-state index in [0.29, 0.717) is 28.7 Å². The number of esters is 1. The van der Waals surface area contributed by atoms with Gasteiger partial charge in [-0.1, -0.05) is 0 Å². The minimum absolute atomic E-state index is 0.160. The van der Waals surface area contributed by atoms with Crippen molar-refractivity contribution < 1.29 is 14.3 Å². The smallest absolute Gasteiger partial charge is 0.338 e. The van der Waals surface area contributed by atoms with Gasteiger partial charge in [-0.3, -0.25) is 4.79 Å². The average molecular weight is 305 g/mol. The molecule has 110 valence electrons. The number of hydrogen-bond donors (Lipinski definition) is 2. The van der Waals surface area contributed by atoms with Crippen molar-refractivity contribution in [1.82, 2.24) is 4.98 Å². The van der Waals surface area contributed by atoms with E-state index in [1.165, 1.54) is 11.3 Å². The fourth-order valence-electron chi connectivity index (χ4n) is 1.68. The Morgan fingerprint density at radius 3 is 2.62 bits per heavy atom. The first kappa shape index (κ1) is 15.0. The molecule has 1 aromatic heterocycles. The van der Waals surface area contributed by atoms with Crippen molar-refractivity contribution in [2.24, 2.45) is 0 Å². The Hall–Kier alpha value is -2.41. The topological polar surface area (TPSA) is 94.3 Å². The predicted molar refractivity (Wildman–Crippen MR) is 81.3 cm³/mol. The standard InChI is InChI=1S/C14H15N3O3S/c1-2-20-13(19)9-3-5-10(6-4-9)16-12(18)7-11-8-21-14(15)17-11/h3-6,8H,2,7H2,1H3,(H2,15,17)(H,16,18). The van der Waals surface area contributed by atoms with Crippen LogP contribution < -0.4 is 11.1 Å². The molecule has 0 unspecified atom stereocenters. The van der Waals surface area contributed by atoms with Gasteiger partial charge < -0.3 is 15.8 Å². The third kappa shape index (κ3) is 4.28. The number of nitrogens with two attached hydrogens (primary N) is 1. The number of anilines is 2. The predicted octanol–water partition coefficient (Wildman–Crippen LogP) is 2.08. The number of benzene rings is 1. The van der Waals surface area contributed by atoms with E-state index in [0.717, 1.165) is 0 Å². The van der Waals surface area contributed by atoms with Crippen LogP contribution in [0.15, 0.2) is 29.6 Å². The molecule has 1 amide bonds. The van der Waals surface area contributed by atoms with E-state index < -0.39 is 0 Å². The van der Waals surface area contributed by atoms with Crippen molar-refractivity contribution in [2.45, 2.75) is 13.3 Å². The zero-order valence-corrected chi connectivity index (χ0v) is 12.3. The second kappa shape index (κ2) is 6.85. The number of carbonyl (C=O) groups is 2.